The minimum Gasteiger partial charge on any atom is -0.352 e. The number of sulfonamides is 1. The van der Waals surface area contributed by atoms with Crippen molar-refractivity contribution in [2.45, 2.75) is 29.8 Å². The van der Waals surface area contributed by atoms with Crippen LogP contribution in [0.3, 0.4) is 0 Å². The highest BCUT2D eigenvalue weighted by Crippen LogP contribution is 2.26. The number of amides is 2. The SMILES string of the molecule is O=C1NCCN(C(=O)c2cccc(S(=O)(=O)NC3CC3)c2)C1c1ccccc1. The number of piperazine rings is 1. The van der Waals surface area contributed by atoms with E-state index in [4.69, 9.17) is 0 Å². The smallest absolute Gasteiger partial charge is 0.254 e. The van der Waals surface area contributed by atoms with Gasteiger partial charge >= 0.3 is 0 Å². The summed E-state index contributed by atoms with van der Waals surface area (Å²) in [5.41, 5.74) is 0.960. The van der Waals surface area contributed by atoms with Crippen molar-refractivity contribution < 1.29 is 18.0 Å². The number of carbonyl (C=O) groups excluding carboxylic acids is 2. The first-order chi connectivity index (χ1) is 13.5. The first-order valence-electron chi connectivity index (χ1n) is 9.22. The van der Waals surface area contributed by atoms with Crippen LogP contribution >= 0.6 is 0 Å². The van der Waals surface area contributed by atoms with E-state index in [0.717, 1.165) is 12.8 Å². The number of hydrogen-bond donors (Lipinski definition) is 2. The number of nitrogens with zero attached hydrogens (tertiary/aromatic N) is 1. The summed E-state index contributed by atoms with van der Waals surface area (Å²) in [7, 11) is -3.66. The normalized spacial score (nSPS) is 19.9. The molecule has 1 heterocycles. The molecule has 2 fully saturated rings. The Hall–Kier alpha value is -2.71. The van der Waals surface area contributed by atoms with Gasteiger partial charge in [-0.2, -0.15) is 0 Å². The quantitative estimate of drug-likeness (QED) is 0.795. The molecule has 4 rings (SSSR count). The number of nitrogens with one attached hydrogen (secondary N) is 2. The third-order valence-corrected chi connectivity index (χ3v) is 6.40. The van der Waals surface area contributed by atoms with E-state index in [1.54, 1.807) is 24.3 Å². The Kier molecular flexibility index (Phi) is 4.91. The van der Waals surface area contributed by atoms with E-state index >= 15 is 0 Å². The predicted molar refractivity (Wildman–Crippen MR) is 103 cm³/mol. The van der Waals surface area contributed by atoms with Gasteiger partial charge in [0.25, 0.3) is 5.91 Å². The van der Waals surface area contributed by atoms with E-state index in [1.165, 1.54) is 17.0 Å². The summed E-state index contributed by atoms with van der Waals surface area (Å²) in [5, 5.41) is 2.79. The summed E-state index contributed by atoms with van der Waals surface area (Å²) in [6.45, 7) is 0.705. The molecule has 1 aliphatic heterocycles. The molecule has 146 valence electrons. The van der Waals surface area contributed by atoms with Crippen molar-refractivity contribution in [2.24, 2.45) is 0 Å². The lowest BCUT2D eigenvalue weighted by molar-refractivity contribution is -0.128. The molecule has 7 nitrogen and oxygen atoms in total. The Morgan fingerprint density at radius 2 is 1.82 bits per heavy atom. The van der Waals surface area contributed by atoms with Gasteiger partial charge in [-0.25, -0.2) is 13.1 Å². The number of hydrogen-bond acceptors (Lipinski definition) is 4. The van der Waals surface area contributed by atoms with Crippen molar-refractivity contribution >= 4 is 21.8 Å². The fourth-order valence-electron chi connectivity index (χ4n) is 3.30. The van der Waals surface area contributed by atoms with Gasteiger partial charge in [-0.3, -0.25) is 9.59 Å². The van der Waals surface area contributed by atoms with Gasteiger partial charge in [0.05, 0.1) is 4.90 Å². The lowest BCUT2D eigenvalue weighted by atomic mass is 10.0. The molecule has 28 heavy (non-hydrogen) atoms. The topological polar surface area (TPSA) is 95.6 Å². The molecule has 8 heteroatoms. The molecule has 2 aromatic carbocycles. The van der Waals surface area contributed by atoms with Gasteiger partial charge in [-0.1, -0.05) is 36.4 Å². The number of benzene rings is 2. The molecule has 0 aromatic heterocycles. The largest absolute Gasteiger partial charge is 0.352 e. The highest BCUT2D eigenvalue weighted by atomic mass is 32.2. The molecule has 2 N–H and O–H groups in total. The van der Waals surface area contributed by atoms with Gasteiger partial charge in [0, 0.05) is 24.7 Å². The molecule has 0 spiro atoms. The summed E-state index contributed by atoms with van der Waals surface area (Å²) in [6.07, 6.45) is 1.67. The van der Waals surface area contributed by atoms with Crippen molar-refractivity contribution in [1.29, 1.82) is 0 Å². The van der Waals surface area contributed by atoms with Crippen LogP contribution in [0.15, 0.2) is 59.5 Å². The summed E-state index contributed by atoms with van der Waals surface area (Å²) in [6, 6.07) is 14.3. The van der Waals surface area contributed by atoms with Crippen LogP contribution in [0, 0.1) is 0 Å². The summed E-state index contributed by atoms with van der Waals surface area (Å²) in [4.78, 5) is 27.2. The van der Waals surface area contributed by atoms with Crippen LogP contribution in [0.5, 0.6) is 0 Å². The maximum atomic E-state index is 13.2. The fraction of sp³-hybridized carbons (Fsp3) is 0.300. The third-order valence-electron chi connectivity index (χ3n) is 4.88. The van der Waals surface area contributed by atoms with Crippen LogP contribution in [0.1, 0.15) is 34.8 Å². The second kappa shape index (κ2) is 7.37. The average Bonchev–Trinajstić information content (AvgIpc) is 3.51. The van der Waals surface area contributed by atoms with Crippen LogP contribution in [0.2, 0.25) is 0 Å². The third kappa shape index (κ3) is 3.79. The monoisotopic (exact) mass is 399 g/mol. The second-order valence-corrected chi connectivity index (χ2v) is 8.74. The van der Waals surface area contributed by atoms with Crippen LogP contribution in [0.4, 0.5) is 0 Å². The van der Waals surface area contributed by atoms with Crippen molar-refractivity contribution in [3.8, 4) is 0 Å². The van der Waals surface area contributed by atoms with Crippen LogP contribution in [-0.4, -0.2) is 44.3 Å². The summed E-state index contributed by atoms with van der Waals surface area (Å²) >= 11 is 0. The predicted octanol–water partition coefficient (Wildman–Crippen LogP) is 1.44. The number of carbonyl (C=O) groups is 2. The zero-order valence-corrected chi connectivity index (χ0v) is 16.0. The van der Waals surface area contributed by atoms with Crippen LogP contribution < -0.4 is 10.0 Å². The molecular weight excluding hydrogens is 378 g/mol. The summed E-state index contributed by atoms with van der Waals surface area (Å²) < 4.78 is 27.6. The van der Waals surface area contributed by atoms with E-state index in [1.807, 2.05) is 18.2 Å². The number of rotatable bonds is 5. The van der Waals surface area contributed by atoms with Crippen molar-refractivity contribution in [1.82, 2.24) is 14.9 Å². The van der Waals surface area contributed by atoms with Crippen LogP contribution in [0.25, 0.3) is 0 Å². The minimum atomic E-state index is -3.66. The lowest BCUT2D eigenvalue weighted by Crippen LogP contribution is -2.52. The van der Waals surface area contributed by atoms with Crippen molar-refractivity contribution in [3.63, 3.8) is 0 Å². The van der Waals surface area contributed by atoms with Crippen molar-refractivity contribution in [2.75, 3.05) is 13.1 Å². The van der Waals surface area contributed by atoms with Gasteiger partial charge in [-0.05, 0) is 36.6 Å². The van der Waals surface area contributed by atoms with E-state index in [9.17, 15) is 18.0 Å². The lowest BCUT2D eigenvalue weighted by Gasteiger charge is -2.35. The van der Waals surface area contributed by atoms with Gasteiger partial charge in [0.15, 0.2) is 0 Å². The highest BCUT2D eigenvalue weighted by Gasteiger charge is 2.35. The van der Waals surface area contributed by atoms with Gasteiger partial charge in [0.2, 0.25) is 15.9 Å². The molecule has 1 unspecified atom stereocenters. The Labute approximate surface area is 163 Å². The summed E-state index contributed by atoms with van der Waals surface area (Å²) in [5.74, 6) is -0.614. The zero-order valence-electron chi connectivity index (χ0n) is 15.2. The Morgan fingerprint density at radius 1 is 1.07 bits per heavy atom. The van der Waals surface area contributed by atoms with Gasteiger partial charge in [-0.15, -0.1) is 0 Å². The van der Waals surface area contributed by atoms with E-state index in [-0.39, 0.29) is 28.3 Å². The van der Waals surface area contributed by atoms with Crippen LogP contribution in [-0.2, 0) is 14.8 Å². The fourth-order valence-corrected chi connectivity index (χ4v) is 4.65. The molecule has 1 saturated carbocycles. The average molecular weight is 399 g/mol. The Balaban J connectivity index is 1.64. The zero-order chi connectivity index (χ0) is 19.7. The first-order valence-corrected chi connectivity index (χ1v) is 10.7. The van der Waals surface area contributed by atoms with Crippen molar-refractivity contribution in [3.05, 3.63) is 65.7 Å². The van der Waals surface area contributed by atoms with Gasteiger partial charge in [0.1, 0.15) is 6.04 Å². The Morgan fingerprint density at radius 3 is 2.54 bits per heavy atom. The van der Waals surface area contributed by atoms with E-state index in [0.29, 0.717) is 18.7 Å². The molecule has 2 aliphatic rings. The molecule has 2 amide bonds. The minimum absolute atomic E-state index is 0.0161. The molecule has 0 bridgehead atoms. The molecule has 1 atom stereocenters. The van der Waals surface area contributed by atoms with Gasteiger partial charge < -0.3 is 10.2 Å². The van der Waals surface area contributed by atoms with E-state index in [2.05, 4.69) is 10.0 Å². The molecular formula is C20H21N3O4S. The maximum Gasteiger partial charge on any atom is 0.254 e. The molecule has 0 radical (unpaired) electrons. The molecule has 1 saturated heterocycles. The highest BCUT2D eigenvalue weighted by molar-refractivity contribution is 7.89. The second-order valence-electron chi connectivity index (χ2n) is 7.03. The maximum absolute atomic E-state index is 13.2. The molecule has 1 aliphatic carbocycles. The first kappa shape index (κ1) is 18.6. The molecule has 2 aromatic rings. The standard InChI is InChI=1S/C20H21N3O4S/c24-19-18(14-5-2-1-3-6-14)23(12-11-21-19)20(25)15-7-4-8-17(13-15)28(26,27)22-16-9-10-16/h1-8,13,16,18,22H,9-12H2,(H,21,24). The van der Waals surface area contributed by atoms with E-state index < -0.39 is 16.1 Å². The Bertz CT molecular complexity index is 1000.